The Morgan fingerprint density at radius 3 is 2.67 bits per heavy atom. The Kier molecular flexibility index (Phi) is 6.48. The SMILES string of the molecule is CC(C)COCCOCc1sccc1Br. The zero-order valence-electron chi connectivity index (χ0n) is 9.16. The van der Waals surface area contributed by atoms with Gasteiger partial charge in [-0.2, -0.15) is 0 Å². The van der Waals surface area contributed by atoms with E-state index in [4.69, 9.17) is 9.47 Å². The molecule has 0 radical (unpaired) electrons. The highest BCUT2D eigenvalue weighted by molar-refractivity contribution is 9.10. The molecule has 1 aromatic heterocycles. The van der Waals surface area contributed by atoms with E-state index in [1.807, 2.05) is 6.07 Å². The van der Waals surface area contributed by atoms with Crippen LogP contribution in [-0.4, -0.2) is 19.8 Å². The molecular weight excluding hydrogens is 276 g/mol. The standard InChI is InChI=1S/C11H17BrO2S/c1-9(2)7-13-4-5-14-8-11-10(12)3-6-15-11/h3,6,9H,4-5,7-8H2,1-2H3. The van der Waals surface area contributed by atoms with Crippen molar-refractivity contribution in [3.8, 4) is 0 Å². The summed E-state index contributed by atoms with van der Waals surface area (Å²) in [5, 5.41) is 2.05. The normalized spacial score (nSPS) is 11.2. The molecule has 0 atom stereocenters. The Labute approximate surface area is 104 Å². The van der Waals surface area contributed by atoms with Crippen LogP contribution in [0.5, 0.6) is 0 Å². The van der Waals surface area contributed by atoms with Crippen LogP contribution < -0.4 is 0 Å². The Morgan fingerprint density at radius 1 is 1.33 bits per heavy atom. The molecule has 0 saturated carbocycles. The molecule has 0 aliphatic carbocycles. The summed E-state index contributed by atoms with van der Waals surface area (Å²) in [4.78, 5) is 1.24. The van der Waals surface area contributed by atoms with E-state index < -0.39 is 0 Å². The molecule has 1 heterocycles. The first-order chi connectivity index (χ1) is 7.20. The van der Waals surface area contributed by atoms with Crippen LogP contribution in [0.25, 0.3) is 0 Å². The summed E-state index contributed by atoms with van der Waals surface area (Å²) in [7, 11) is 0. The summed E-state index contributed by atoms with van der Waals surface area (Å²) in [6.45, 7) is 7.11. The molecule has 0 N–H and O–H groups in total. The number of hydrogen-bond acceptors (Lipinski definition) is 3. The number of ether oxygens (including phenoxy) is 2. The first-order valence-electron chi connectivity index (χ1n) is 5.07. The van der Waals surface area contributed by atoms with Crippen LogP contribution in [0.15, 0.2) is 15.9 Å². The highest BCUT2D eigenvalue weighted by Gasteiger charge is 2.00. The van der Waals surface area contributed by atoms with Gasteiger partial charge in [-0.15, -0.1) is 11.3 Å². The lowest BCUT2D eigenvalue weighted by molar-refractivity contribution is 0.0321. The summed E-state index contributed by atoms with van der Waals surface area (Å²) < 4.78 is 12.0. The average Bonchev–Trinajstić information content (AvgIpc) is 2.57. The number of hydrogen-bond donors (Lipinski definition) is 0. The minimum atomic E-state index is 0.594. The molecule has 86 valence electrons. The Bertz CT molecular complexity index is 273. The summed E-state index contributed by atoms with van der Waals surface area (Å²) in [5.41, 5.74) is 0. The Hall–Kier alpha value is 0.100. The number of rotatable bonds is 7. The van der Waals surface area contributed by atoms with Crippen molar-refractivity contribution in [2.45, 2.75) is 20.5 Å². The molecule has 2 nitrogen and oxygen atoms in total. The van der Waals surface area contributed by atoms with Gasteiger partial charge in [0.25, 0.3) is 0 Å². The fraction of sp³-hybridized carbons (Fsp3) is 0.636. The number of halogens is 1. The molecule has 0 unspecified atom stereocenters. The smallest absolute Gasteiger partial charge is 0.0821 e. The quantitative estimate of drug-likeness (QED) is 0.714. The maximum absolute atomic E-state index is 5.50. The largest absolute Gasteiger partial charge is 0.379 e. The van der Waals surface area contributed by atoms with Crippen molar-refractivity contribution in [2.24, 2.45) is 5.92 Å². The van der Waals surface area contributed by atoms with Gasteiger partial charge in [0.15, 0.2) is 0 Å². The average molecular weight is 293 g/mol. The fourth-order valence-electron chi connectivity index (χ4n) is 1.03. The van der Waals surface area contributed by atoms with Gasteiger partial charge in [-0.05, 0) is 33.3 Å². The highest BCUT2D eigenvalue weighted by Crippen LogP contribution is 2.23. The van der Waals surface area contributed by atoms with E-state index in [-0.39, 0.29) is 0 Å². The zero-order chi connectivity index (χ0) is 11.1. The van der Waals surface area contributed by atoms with E-state index >= 15 is 0 Å². The monoisotopic (exact) mass is 292 g/mol. The fourth-order valence-corrected chi connectivity index (χ4v) is 2.43. The van der Waals surface area contributed by atoms with Gasteiger partial charge in [0.2, 0.25) is 0 Å². The molecule has 0 aromatic carbocycles. The number of thiophene rings is 1. The van der Waals surface area contributed by atoms with E-state index in [0.29, 0.717) is 25.7 Å². The van der Waals surface area contributed by atoms with Crippen LogP contribution in [0.1, 0.15) is 18.7 Å². The molecule has 0 saturated heterocycles. The van der Waals surface area contributed by atoms with E-state index in [0.717, 1.165) is 11.1 Å². The van der Waals surface area contributed by atoms with Crippen molar-refractivity contribution >= 4 is 27.3 Å². The van der Waals surface area contributed by atoms with E-state index in [2.05, 4.69) is 35.2 Å². The van der Waals surface area contributed by atoms with E-state index in [9.17, 15) is 0 Å². The van der Waals surface area contributed by atoms with Gasteiger partial charge in [-0.1, -0.05) is 13.8 Å². The summed E-state index contributed by atoms with van der Waals surface area (Å²) >= 11 is 5.17. The van der Waals surface area contributed by atoms with Crippen LogP contribution in [0.3, 0.4) is 0 Å². The van der Waals surface area contributed by atoms with Crippen LogP contribution in [-0.2, 0) is 16.1 Å². The van der Waals surface area contributed by atoms with Crippen LogP contribution in [0, 0.1) is 5.92 Å². The van der Waals surface area contributed by atoms with Gasteiger partial charge < -0.3 is 9.47 Å². The summed E-state index contributed by atoms with van der Waals surface area (Å²) in [6.07, 6.45) is 0. The molecule has 0 aliphatic heterocycles. The molecule has 1 aromatic rings. The molecule has 0 fully saturated rings. The maximum Gasteiger partial charge on any atom is 0.0821 e. The Balaban J connectivity index is 2.00. The minimum Gasteiger partial charge on any atom is -0.379 e. The van der Waals surface area contributed by atoms with E-state index in [1.165, 1.54) is 4.88 Å². The summed E-state index contributed by atoms with van der Waals surface area (Å²) in [6, 6.07) is 2.04. The minimum absolute atomic E-state index is 0.594. The third kappa shape index (κ3) is 5.66. The molecule has 0 bridgehead atoms. The van der Waals surface area contributed by atoms with Gasteiger partial charge in [0.05, 0.1) is 19.8 Å². The van der Waals surface area contributed by atoms with Gasteiger partial charge in [0.1, 0.15) is 0 Å². The van der Waals surface area contributed by atoms with Gasteiger partial charge in [-0.25, -0.2) is 0 Å². The van der Waals surface area contributed by atoms with Gasteiger partial charge >= 0.3 is 0 Å². The third-order valence-electron chi connectivity index (χ3n) is 1.75. The first kappa shape index (κ1) is 13.2. The lowest BCUT2D eigenvalue weighted by Crippen LogP contribution is -2.08. The van der Waals surface area contributed by atoms with Gasteiger partial charge in [0, 0.05) is 16.0 Å². The summed E-state index contributed by atoms with van der Waals surface area (Å²) in [5.74, 6) is 0.594. The maximum atomic E-state index is 5.50. The lowest BCUT2D eigenvalue weighted by Gasteiger charge is -2.07. The topological polar surface area (TPSA) is 18.5 Å². The van der Waals surface area contributed by atoms with Crippen molar-refractivity contribution < 1.29 is 9.47 Å². The van der Waals surface area contributed by atoms with Crippen molar-refractivity contribution in [1.82, 2.24) is 0 Å². The second kappa shape index (κ2) is 7.39. The first-order valence-corrected chi connectivity index (χ1v) is 6.74. The Morgan fingerprint density at radius 2 is 2.07 bits per heavy atom. The molecule has 0 amide bonds. The highest BCUT2D eigenvalue weighted by atomic mass is 79.9. The second-order valence-electron chi connectivity index (χ2n) is 3.71. The molecule has 4 heteroatoms. The van der Waals surface area contributed by atoms with Crippen LogP contribution in [0.4, 0.5) is 0 Å². The van der Waals surface area contributed by atoms with Crippen LogP contribution in [0.2, 0.25) is 0 Å². The molecule has 0 spiro atoms. The van der Waals surface area contributed by atoms with Crippen molar-refractivity contribution in [1.29, 1.82) is 0 Å². The molecule has 0 aliphatic rings. The van der Waals surface area contributed by atoms with Crippen molar-refractivity contribution in [2.75, 3.05) is 19.8 Å². The second-order valence-corrected chi connectivity index (χ2v) is 5.57. The van der Waals surface area contributed by atoms with Crippen molar-refractivity contribution in [3.05, 3.63) is 20.8 Å². The van der Waals surface area contributed by atoms with Crippen LogP contribution >= 0.6 is 27.3 Å². The van der Waals surface area contributed by atoms with Crippen molar-refractivity contribution in [3.63, 3.8) is 0 Å². The zero-order valence-corrected chi connectivity index (χ0v) is 11.6. The van der Waals surface area contributed by atoms with E-state index in [1.54, 1.807) is 11.3 Å². The molecular formula is C11H17BrO2S. The van der Waals surface area contributed by atoms with Gasteiger partial charge in [-0.3, -0.25) is 0 Å². The molecule has 1 rings (SSSR count). The predicted octanol–water partition coefficient (Wildman–Crippen LogP) is 3.70. The molecule has 15 heavy (non-hydrogen) atoms. The third-order valence-corrected chi connectivity index (χ3v) is 3.65. The lowest BCUT2D eigenvalue weighted by atomic mass is 10.2. The predicted molar refractivity (Wildman–Crippen MR) is 67.3 cm³/mol.